The molecule has 0 spiro atoms. The summed E-state index contributed by atoms with van der Waals surface area (Å²) >= 11 is 1.48. The third-order valence-electron chi connectivity index (χ3n) is 1.95. The van der Waals surface area contributed by atoms with Crippen LogP contribution in [-0.2, 0) is 6.18 Å². The van der Waals surface area contributed by atoms with E-state index >= 15 is 0 Å². The fourth-order valence-electron chi connectivity index (χ4n) is 1.26. The highest BCUT2D eigenvalue weighted by Crippen LogP contribution is 2.29. The van der Waals surface area contributed by atoms with E-state index in [0.29, 0.717) is 0 Å². The van der Waals surface area contributed by atoms with Crippen LogP contribution in [0.3, 0.4) is 0 Å². The summed E-state index contributed by atoms with van der Waals surface area (Å²) in [5, 5.41) is 4.48. The Kier molecular flexibility index (Phi) is 2.79. The van der Waals surface area contributed by atoms with Gasteiger partial charge in [-0.2, -0.15) is 18.3 Å². The molecule has 16 heavy (non-hydrogen) atoms. The molecule has 86 valence electrons. The summed E-state index contributed by atoms with van der Waals surface area (Å²) in [7, 11) is 0. The van der Waals surface area contributed by atoms with Crippen molar-refractivity contribution >= 4 is 17.4 Å². The molecule has 2 heterocycles. The maximum absolute atomic E-state index is 12.4. The van der Waals surface area contributed by atoms with Crippen LogP contribution >= 0.6 is 11.8 Å². The van der Waals surface area contributed by atoms with Crippen LogP contribution in [-0.4, -0.2) is 20.4 Å². The van der Waals surface area contributed by atoms with Crippen molar-refractivity contribution in [2.75, 3.05) is 5.75 Å². The number of rotatable bonds is 2. The van der Waals surface area contributed by atoms with E-state index in [-0.39, 0.29) is 5.65 Å². The predicted molar refractivity (Wildman–Crippen MR) is 54.4 cm³/mol. The Morgan fingerprint density at radius 3 is 2.75 bits per heavy atom. The van der Waals surface area contributed by atoms with E-state index in [1.54, 1.807) is 0 Å². The van der Waals surface area contributed by atoms with Crippen molar-refractivity contribution in [1.29, 1.82) is 0 Å². The van der Waals surface area contributed by atoms with Gasteiger partial charge >= 0.3 is 6.18 Å². The van der Waals surface area contributed by atoms with Crippen LogP contribution in [0.5, 0.6) is 0 Å². The molecule has 2 aromatic rings. The Morgan fingerprint density at radius 2 is 2.12 bits per heavy atom. The first kappa shape index (κ1) is 11.3. The predicted octanol–water partition coefficient (Wildman–Crippen LogP) is 2.86. The van der Waals surface area contributed by atoms with Gasteiger partial charge in [0.2, 0.25) is 0 Å². The lowest BCUT2D eigenvalue weighted by molar-refractivity contribution is -0.137. The second kappa shape index (κ2) is 3.97. The molecular weight excluding hydrogens is 239 g/mol. The molecule has 0 saturated heterocycles. The van der Waals surface area contributed by atoms with Crippen molar-refractivity contribution in [2.24, 2.45) is 0 Å². The van der Waals surface area contributed by atoms with Crippen LogP contribution in [0.4, 0.5) is 13.2 Å². The summed E-state index contributed by atoms with van der Waals surface area (Å²) in [5.41, 5.74) is -0.565. The fourth-order valence-corrected chi connectivity index (χ4v) is 1.94. The monoisotopic (exact) mass is 247 g/mol. The van der Waals surface area contributed by atoms with Gasteiger partial charge in [0, 0.05) is 0 Å². The van der Waals surface area contributed by atoms with Crippen molar-refractivity contribution in [3.05, 3.63) is 24.0 Å². The maximum Gasteiger partial charge on any atom is 0.418 e. The Bertz CT molecular complexity index is 506. The quantitative estimate of drug-likeness (QED) is 0.764. The first-order chi connectivity index (χ1) is 7.52. The van der Waals surface area contributed by atoms with E-state index in [1.807, 2.05) is 6.92 Å². The lowest BCUT2D eigenvalue weighted by Gasteiger charge is -2.05. The van der Waals surface area contributed by atoms with Gasteiger partial charge in [-0.25, -0.2) is 9.50 Å². The first-order valence-corrected chi connectivity index (χ1v) is 5.54. The average Bonchev–Trinajstić information content (AvgIpc) is 2.60. The van der Waals surface area contributed by atoms with Gasteiger partial charge < -0.3 is 0 Å². The highest BCUT2D eigenvalue weighted by molar-refractivity contribution is 7.99. The molecule has 0 amide bonds. The van der Waals surface area contributed by atoms with Gasteiger partial charge in [-0.15, -0.1) is 11.8 Å². The van der Waals surface area contributed by atoms with Gasteiger partial charge in [-0.3, -0.25) is 0 Å². The number of halogens is 3. The second-order valence-corrected chi connectivity index (χ2v) is 4.33. The summed E-state index contributed by atoms with van der Waals surface area (Å²) in [6, 6.07) is 0.993. The number of hydrogen-bond acceptors (Lipinski definition) is 3. The molecule has 0 N–H and O–H groups in total. The van der Waals surface area contributed by atoms with Gasteiger partial charge in [0.05, 0.1) is 18.0 Å². The topological polar surface area (TPSA) is 30.2 Å². The molecule has 0 unspecified atom stereocenters. The van der Waals surface area contributed by atoms with Crippen LogP contribution in [0.2, 0.25) is 0 Å². The zero-order valence-corrected chi connectivity index (χ0v) is 9.14. The summed E-state index contributed by atoms with van der Waals surface area (Å²) in [6.07, 6.45) is -2.04. The summed E-state index contributed by atoms with van der Waals surface area (Å²) in [6.45, 7) is 1.95. The van der Waals surface area contributed by atoms with Crippen molar-refractivity contribution in [3.8, 4) is 0 Å². The number of nitrogens with zero attached hydrogens (tertiary/aromatic N) is 3. The summed E-state index contributed by atoms with van der Waals surface area (Å²) in [5.74, 6) is 0.816. The molecule has 0 aliphatic carbocycles. The van der Waals surface area contributed by atoms with E-state index in [0.717, 1.165) is 23.0 Å². The van der Waals surface area contributed by atoms with Crippen LogP contribution in [0.1, 0.15) is 12.5 Å². The van der Waals surface area contributed by atoms with Gasteiger partial charge in [0.1, 0.15) is 5.03 Å². The van der Waals surface area contributed by atoms with E-state index in [9.17, 15) is 13.2 Å². The SMILES string of the molecule is CCSc1cnc2cc(C(F)(F)F)cnn12. The molecule has 0 bridgehead atoms. The number of hydrogen-bond donors (Lipinski definition) is 0. The largest absolute Gasteiger partial charge is 0.418 e. The van der Waals surface area contributed by atoms with Crippen molar-refractivity contribution < 1.29 is 13.2 Å². The fraction of sp³-hybridized carbons (Fsp3) is 0.333. The molecule has 0 saturated carbocycles. The van der Waals surface area contributed by atoms with Crippen LogP contribution in [0.15, 0.2) is 23.5 Å². The number of alkyl halides is 3. The van der Waals surface area contributed by atoms with Gasteiger partial charge in [-0.05, 0) is 11.8 Å². The van der Waals surface area contributed by atoms with E-state index in [2.05, 4.69) is 10.1 Å². The molecule has 7 heteroatoms. The van der Waals surface area contributed by atoms with Gasteiger partial charge in [0.15, 0.2) is 5.65 Å². The number of aromatic nitrogens is 3. The first-order valence-electron chi connectivity index (χ1n) is 4.56. The van der Waals surface area contributed by atoms with Crippen molar-refractivity contribution in [3.63, 3.8) is 0 Å². The van der Waals surface area contributed by atoms with Gasteiger partial charge in [0.25, 0.3) is 0 Å². The second-order valence-electron chi connectivity index (χ2n) is 3.04. The van der Waals surface area contributed by atoms with Crippen molar-refractivity contribution in [2.45, 2.75) is 18.1 Å². The molecule has 0 fully saturated rings. The molecule has 0 aliphatic heterocycles. The van der Waals surface area contributed by atoms with E-state index in [1.165, 1.54) is 22.5 Å². The smallest absolute Gasteiger partial charge is 0.234 e. The van der Waals surface area contributed by atoms with E-state index < -0.39 is 11.7 Å². The number of imidazole rings is 1. The Morgan fingerprint density at radius 1 is 1.38 bits per heavy atom. The standard InChI is InChI=1S/C9H8F3N3S/c1-2-16-8-5-13-7-3-6(9(10,11)12)4-14-15(7)8/h3-5H,2H2,1H3. The third-order valence-corrected chi connectivity index (χ3v) is 2.81. The van der Waals surface area contributed by atoms with Crippen LogP contribution in [0, 0.1) is 0 Å². The molecule has 0 radical (unpaired) electrons. The number of thioether (sulfide) groups is 1. The highest BCUT2D eigenvalue weighted by Gasteiger charge is 2.31. The molecular formula is C9H8F3N3S. The van der Waals surface area contributed by atoms with Crippen LogP contribution < -0.4 is 0 Å². The van der Waals surface area contributed by atoms with Gasteiger partial charge in [-0.1, -0.05) is 6.92 Å². The minimum Gasteiger partial charge on any atom is -0.234 e. The molecule has 0 aliphatic rings. The zero-order valence-electron chi connectivity index (χ0n) is 8.32. The Labute approximate surface area is 93.7 Å². The lowest BCUT2D eigenvalue weighted by atomic mass is 10.3. The van der Waals surface area contributed by atoms with Crippen molar-refractivity contribution in [1.82, 2.24) is 14.6 Å². The minimum absolute atomic E-state index is 0.214. The highest BCUT2D eigenvalue weighted by atomic mass is 32.2. The molecule has 3 nitrogen and oxygen atoms in total. The average molecular weight is 247 g/mol. The Hall–Kier alpha value is -1.24. The Balaban J connectivity index is 2.49. The molecule has 0 aromatic carbocycles. The number of fused-ring (bicyclic) bond motifs is 1. The minimum atomic E-state index is -4.38. The zero-order chi connectivity index (χ0) is 11.8. The third kappa shape index (κ3) is 1.99. The maximum atomic E-state index is 12.4. The molecule has 2 rings (SSSR count). The normalized spacial score (nSPS) is 12.2. The molecule has 0 atom stereocenters. The van der Waals surface area contributed by atoms with Crippen LogP contribution in [0.25, 0.3) is 5.65 Å². The summed E-state index contributed by atoms with van der Waals surface area (Å²) < 4.78 is 38.6. The van der Waals surface area contributed by atoms with E-state index in [4.69, 9.17) is 0 Å². The lowest BCUT2D eigenvalue weighted by Crippen LogP contribution is -2.07. The summed E-state index contributed by atoms with van der Waals surface area (Å²) in [4.78, 5) is 3.89. The molecule has 2 aromatic heterocycles.